The highest BCUT2D eigenvalue weighted by Crippen LogP contribution is 2.32. The molecule has 0 bridgehead atoms. The van der Waals surface area contributed by atoms with Crippen molar-refractivity contribution in [2.45, 2.75) is 64.6 Å². The molecule has 0 aromatic heterocycles. The minimum absolute atomic E-state index is 0.0842. The van der Waals surface area contributed by atoms with Crippen molar-refractivity contribution in [1.29, 1.82) is 0 Å². The number of hydrogen-bond acceptors (Lipinski definition) is 3. The Morgan fingerprint density at radius 3 is 2.90 bits per heavy atom. The summed E-state index contributed by atoms with van der Waals surface area (Å²) in [5.41, 5.74) is 8.25. The lowest BCUT2D eigenvalue weighted by atomic mass is 10.0. The van der Waals surface area contributed by atoms with E-state index in [2.05, 4.69) is 12.2 Å². The smallest absolute Gasteiger partial charge is 0.261 e. The standard InChI is InChI=1S/C17H26N2O2/c1-5-17(3,4)19-16(20)11(2)21-13-7-8-14-12(10-13)6-9-15(14)18/h7-8,10-11,15H,5-6,9,18H2,1-4H3,(H,19,20)/t11?,15-/m1/s1. The van der Waals surface area contributed by atoms with Gasteiger partial charge in [0.25, 0.3) is 5.91 Å². The number of carbonyl (C=O) groups is 1. The molecule has 0 saturated heterocycles. The number of carbonyl (C=O) groups excluding carboxylic acids is 1. The molecule has 21 heavy (non-hydrogen) atoms. The number of nitrogens with two attached hydrogens (primary N) is 1. The zero-order valence-corrected chi connectivity index (χ0v) is 13.4. The summed E-state index contributed by atoms with van der Waals surface area (Å²) < 4.78 is 5.77. The molecule has 0 heterocycles. The summed E-state index contributed by atoms with van der Waals surface area (Å²) in [7, 11) is 0. The Morgan fingerprint density at radius 2 is 2.24 bits per heavy atom. The fourth-order valence-corrected chi connectivity index (χ4v) is 2.48. The number of rotatable bonds is 5. The predicted octanol–water partition coefficient (Wildman–Crippen LogP) is 2.70. The fraction of sp³-hybridized carbons (Fsp3) is 0.588. The Bertz CT molecular complexity index is 526. The first-order chi connectivity index (χ1) is 9.82. The van der Waals surface area contributed by atoms with Gasteiger partial charge in [-0.1, -0.05) is 13.0 Å². The first kappa shape index (κ1) is 15.8. The van der Waals surface area contributed by atoms with Crippen molar-refractivity contribution in [2.75, 3.05) is 0 Å². The number of hydrogen-bond donors (Lipinski definition) is 2. The van der Waals surface area contributed by atoms with Gasteiger partial charge in [-0.3, -0.25) is 4.79 Å². The van der Waals surface area contributed by atoms with Gasteiger partial charge in [-0.2, -0.15) is 0 Å². The maximum absolute atomic E-state index is 12.2. The molecule has 4 nitrogen and oxygen atoms in total. The molecule has 0 radical (unpaired) electrons. The third-order valence-electron chi connectivity index (χ3n) is 4.27. The van der Waals surface area contributed by atoms with Crippen LogP contribution in [-0.4, -0.2) is 17.6 Å². The lowest BCUT2D eigenvalue weighted by Crippen LogP contribution is -2.48. The fourth-order valence-electron chi connectivity index (χ4n) is 2.48. The average molecular weight is 290 g/mol. The minimum Gasteiger partial charge on any atom is -0.481 e. The Morgan fingerprint density at radius 1 is 1.52 bits per heavy atom. The molecular weight excluding hydrogens is 264 g/mol. The van der Waals surface area contributed by atoms with Crippen molar-refractivity contribution in [2.24, 2.45) is 5.73 Å². The largest absolute Gasteiger partial charge is 0.481 e. The topological polar surface area (TPSA) is 64.3 Å². The number of aryl methyl sites for hydroxylation is 1. The van der Waals surface area contributed by atoms with Crippen molar-refractivity contribution in [3.8, 4) is 5.75 Å². The molecule has 2 rings (SSSR count). The minimum atomic E-state index is -0.510. The van der Waals surface area contributed by atoms with E-state index in [0.29, 0.717) is 0 Å². The van der Waals surface area contributed by atoms with E-state index in [4.69, 9.17) is 10.5 Å². The highest BCUT2D eigenvalue weighted by atomic mass is 16.5. The van der Waals surface area contributed by atoms with Crippen LogP contribution in [0, 0.1) is 0 Å². The van der Waals surface area contributed by atoms with Crippen molar-refractivity contribution < 1.29 is 9.53 Å². The molecule has 1 aromatic carbocycles. The second kappa shape index (κ2) is 6.06. The summed E-state index contributed by atoms with van der Waals surface area (Å²) >= 11 is 0. The predicted molar refractivity (Wildman–Crippen MR) is 84.3 cm³/mol. The first-order valence-electron chi connectivity index (χ1n) is 7.69. The van der Waals surface area contributed by atoms with Crippen LogP contribution in [0.4, 0.5) is 0 Å². The summed E-state index contributed by atoms with van der Waals surface area (Å²) in [6, 6.07) is 6.07. The van der Waals surface area contributed by atoms with Crippen molar-refractivity contribution >= 4 is 5.91 Å². The molecule has 0 fully saturated rings. The Kier molecular flexibility index (Phi) is 4.57. The third kappa shape index (κ3) is 3.76. The maximum atomic E-state index is 12.2. The Balaban J connectivity index is 2.00. The molecule has 0 spiro atoms. The second-order valence-corrected chi connectivity index (χ2v) is 6.49. The number of nitrogens with one attached hydrogen (secondary N) is 1. The number of ether oxygens (including phenoxy) is 1. The van der Waals surface area contributed by atoms with Gasteiger partial charge in [0.15, 0.2) is 6.10 Å². The SMILES string of the molecule is CCC(C)(C)NC(=O)C(C)Oc1ccc2c(c1)CC[C@H]2N. The molecule has 0 saturated carbocycles. The summed E-state index contributed by atoms with van der Waals surface area (Å²) in [5, 5.41) is 3.00. The van der Waals surface area contributed by atoms with Crippen LogP contribution in [0.15, 0.2) is 18.2 Å². The average Bonchev–Trinajstić information content (AvgIpc) is 2.79. The lowest BCUT2D eigenvalue weighted by Gasteiger charge is -2.26. The van der Waals surface area contributed by atoms with E-state index in [1.807, 2.05) is 32.0 Å². The maximum Gasteiger partial charge on any atom is 0.261 e. The zero-order chi connectivity index (χ0) is 15.6. The van der Waals surface area contributed by atoms with E-state index in [1.165, 1.54) is 11.1 Å². The molecule has 3 N–H and O–H groups in total. The van der Waals surface area contributed by atoms with Crippen LogP contribution < -0.4 is 15.8 Å². The van der Waals surface area contributed by atoms with Crippen LogP contribution in [0.2, 0.25) is 0 Å². The molecule has 1 aliphatic carbocycles. The van der Waals surface area contributed by atoms with E-state index >= 15 is 0 Å². The first-order valence-corrected chi connectivity index (χ1v) is 7.69. The number of benzene rings is 1. The van der Waals surface area contributed by atoms with Crippen molar-refractivity contribution in [3.05, 3.63) is 29.3 Å². The van der Waals surface area contributed by atoms with Crippen LogP contribution >= 0.6 is 0 Å². The molecular formula is C17H26N2O2. The molecule has 1 aromatic rings. The van der Waals surface area contributed by atoms with Gasteiger partial charge in [0.1, 0.15) is 5.75 Å². The Hall–Kier alpha value is -1.55. The van der Waals surface area contributed by atoms with Gasteiger partial charge in [0.2, 0.25) is 0 Å². The lowest BCUT2D eigenvalue weighted by molar-refractivity contribution is -0.128. The zero-order valence-electron chi connectivity index (χ0n) is 13.4. The van der Waals surface area contributed by atoms with E-state index in [9.17, 15) is 4.79 Å². The third-order valence-corrected chi connectivity index (χ3v) is 4.27. The molecule has 0 aliphatic heterocycles. The van der Waals surface area contributed by atoms with Crippen molar-refractivity contribution in [1.82, 2.24) is 5.32 Å². The van der Waals surface area contributed by atoms with Gasteiger partial charge >= 0.3 is 0 Å². The monoisotopic (exact) mass is 290 g/mol. The molecule has 1 amide bonds. The van der Waals surface area contributed by atoms with Gasteiger partial charge in [-0.05, 0) is 63.3 Å². The normalized spacial score (nSPS) is 19.0. The van der Waals surface area contributed by atoms with Gasteiger partial charge in [-0.25, -0.2) is 0 Å². The van der Waals surface area contributed by atoms with Gasteiger partial charge in [-0.15, -0.1) is 0 Å². The van der Waals surface area contributed by atoms with Crippen molar-refractivity contribution in [3.63, 3.8) is 0 Å². The van der Waals surface area contributed by atoms with Gasteiger partial charge in [0.05, 0.1) is 0 Å². The summed E-state index contributed by atoms with van der Waals surface area (Å²) in [6.07, 6.45) is 2.34. The number of fused-ring (bicyclic) bond motifs is 1. The van der Waals surface area contributed by atoms with E-state index < -0.39 is 6.10 Å². The molecule has 1 unspecified atom stereocenters. The van der Waals surface area contributed by atoms with Crippen LogP contribution in [-0.2, 0) is 11.2 Å². The highest BCUT2D eigenvalue weighted by molar-refractivity contribution is 5.81. The molecule has 4 heteroatoms. The summed E-state index contributed by atoms with van der Waals surface area (Å²) in [5.74, 6) is 0.652. The quantitative estimate of drug-likeness (QED) is 0.876. The van der Waals surface area contributed by atoms with Crippen LogP contribution in [0.5, 0.6) is 5.75 Å². The summed E-state index contributed by atoms with van der Waals surface area (Å²) in [6.45, 7) is 7.85. The molecule has 2 atom stereocenters. The van der Waals surface area contributed by atoms with Gasteiger partial charge in [0, 0.05) is 11.6 Å². The van der Waals surface area contributed by atoms with Gasteiger partial charge < -0.3 is 15.8 Å². The van der Waals surface area contributed by atoms with Crippen LogP contribution in [0.25, 0.3) is 0 Å². The Labute approximate surface area is 127 Å². The molecule has 1 aliphatic rings. The van der Waals surface area contributed by atoms with E-state index in [0.717, 1.165) is 25.0 Å². The van der Waals surface area contributed by atoms with E-state index in [-0.39, 0.29) is 17.5 Å². The molecule has 116 valence electrons. The summed E-state index contributed by atoms with van der Waals surface area (Å²) in [4.78, 5) is 12.2. The van der Waals surface area contributed by atoms with E-state index in [1.54, 1.807) is 6.92 Å². The van der Waals surface area contributed by atoms with Crippen LogP contribution in [0.1, 0.15) is 57.7 Å². The second-order valence-electron chi connectivity index (χ2n) is 6.49. The van der Waals surface area contributed by atoms with Crippen LogP contribution in [0.3, 0.4) is 0 Å². The number of amides is 1. The highest BCUT2D eigenvalue weighted by Gasteiger charge is 2.24.